The van der Waals surface area contributed by atoms with Crippen LogP contribution in [0.4, 0.5) is 0 Å². The number of rotatable bonds is 5. The number of aryl methyl sites for hydroxylation is 1. The lowest BCUT2D eigenvalue weighted by molar-refractivity contribution is -0.108. The molecule has 0 bridgehead atoms. The Bertz CT molecular complexity index is 676. The van der Waals surface area contributed by atoms with E-state index in [9.17, 15) is 19.8 Å². The van der Waals surface area contributed by atoms with Crippen LogP contribution in [0.2, 0.25) is 0 Å². The monoisotopic (exact) mass is 284 g/mol. The molecule has 0 aromatic heterocycles. The van der Waals surface area contributed by atoms with Gasteiger partial charge in [0.1, 0.15) is 17.8 Å². The molecule has 2 aromatic carbocycles. The number of carbonyl (C=O) groups excluding carboxylic acids is 2. The summed E-state index contributed by atoms with van der Waals surface area (Å²) in [7, 11) is 0. The predicted octanol–water partition coefficient (Wildman–Crippen LogP) is 2.96. The standard InChI is InChI=1S/C17H16O4/c1-11-6-7-14(16(20)10-11)17(21)13(8-9-18)12-4-2-3-5-15(12)19/h2-7,9-10,13,19-20H,8H2,1H3. The number of hydrogen-bond donors (Lipinski definition) is 2. The number of hydrogen-bond acceptors (Lipinski definition) is 4. The van der Waals surface area contributed by atoms with E-state index in [0.717, 1.165) is 5.56 Å². The number of benzene rings is 2. The van der Waals surface area contributed by atoms with Crippen LogP contribution < -0.4 is 0 Å². The van der Waals surface area contributed by atoms with E-state index in [-0.39, 0.29) is 29.3 Å². The molecule has 0 saturated carbocycles. The predicted molar refractivity (Wildman–Crippen MR) is 78.7 cm³/mol. The minimum Gasteiger partial charge on any atom is -0.508 e. The summed E-state index contributed by atoms with van der Waals surface area (Å²) in [5.41, 5.74) is 1.36. The van der Waals surface area contributed by atoms with Crippen molar-refractivity contribution in [1.29, 1.82) is 0 Å². The number of Topliss-reactive ketones (excluding diaryl/α,β-unsaturated/α-hetero) is 1. The van der Waals surface area contributed by atoms with E-state index in [1.807, 2.05) is 0 Å². The molecule has 0 aliphatic carbocycles. The van der Waals surface area contributed by atoms with Crippen LogP contribution in [0.15, 0.2) is 42.5 Å². The third-order valence-electron chi connectivity index (χ3n) is 3.38. The first kappa shape index (κ1) is 14.8. The highest BCUT2D eigenvalue weighted by molar-refractivity contribution is 6.04. The Morgan fingerprint density at radius 3 is 2.48 bits per heavy atom. The first-order valence-electron chi connectivity index (χ1n) is 6.60. The number of para-hydroxylation sites is 1. The molecule has 0 fully saturated rings. The number of phenols is 2. The lowest BCUT2D eigenvalue weighted by Crippen LogP contribution is -2.14. The second-order valence-corrected chi connectivity index (χ2v) is 4.90. The molecule has 2 rings (SSSR count). The minimum atomic E-state index is -0.808. The zero-order valence-corrected chi connectivity index (χ0v) is 11.6. The second kappa shape index (κ2) is 6.22. The fraction of sp³-hybridized carbons (Fsp3) is 0.176. The van der Waals surface area contributed by atoms with Gasteiger partial charge in [0, 0.05) is 12.0 Å². The molecule has 0 saturated heterocycles. The molecule has 108 valence electrons. The molecule has 0 radical (unpaired) electrons. The van der Waals surface area contributed by atoms with Crippen LogP contribution in [0.5, 0.6) is 11.5 Å². The molecule has 1 unspecified atom stereocenters. The van der Waals surface area contributed by atoms with Crippen molar-refractivity contribution in [2.75, 3.05) is 0 Å². The van der Waals surface area contributed by atoms with E-state index in [4.69, 9.17) is 0 Å². The van der Waals surface area contributed by atoms with Crippen molar-refractivity contribution in [1.82, 2.24) is 0 Å². The normalized spacial score (nSPS) is 11.9. The van der Waals surface area contributed by atoms with Crippen LogP contribution in [0.3, 0.4) is 0 Å². The van der Waals surface area contributed by atoms with E-state index >= 15 is 0 Å². The molecule has 1 atom stereocenters. The van der Waals surface area contributed by atoms with Gasteiger partial charge in [-0.05, 0) is 30.7 Å². The molecule has 21 heavy (non-hydrogen) atoms. The molecular weight excluding hydrogens is 268 g/mol. The quantitative estimate of drug-likeness (QED) is 0.654. The Morgan fingerprint density at radius 1 is 1.14 bits per heavy atom. The molecule has 4 heteroatoms. The summed E-state index contributed by atoms with van der Waals surface area (Å²) in [6, 6.07) is 11.2. The van der Waals surface area contributed by atoms with Crippen LogP contribution in [-0.2, 0) is 4.79 Å². The van der Waals surface area contributed by atoms with E-state index < -0.39 is 5.92 Å². The molecule has 4 nitrogen and oxygen atoms in total. The molecular formula is C17H16O4. The summed E-state index contributed by atoms with van der Waals surface area (Å²) < 4.78 is 0. The van der Waals surface area contributed by atoms with E-state index in [2.05, 4.69) is 0 Å². The number of aldehydes is 1. The minimum absolute atomic E-state index is 0.0377. The summed E-state index contributed by atoms with van der Waals surface area (Å²) in [5.74, 6) is -1.35. The van der Waals surface area contributed by atoms with Crippen LogP contribution >= 0.6 is 0 Å². The lowest BCUT2D eigenvalue weighted by atomic mass is 9.87. The van der Waals surface area contributed by atoms with Gasteiger partial charge in [0.2, 0.25) is 0 Å². The Hall–Kier alpha value is -2.62. The van der Waals surface area contributed by atoms with Gasteiger partial charge in [0.15, 0.2) is 5.78 Å². The van der Waals surface area contributed by atoms with Crippen LogP contribution in [0.1, 0.15) is 33.8 Å². The van der Waals surface area contributed by atoms with Gasteiger partial charge in [-0.25, -0.2) is 0 Å². The molecule has 0 spiro atoms. The van der Waals surface area contributed by atoms with Crippen molar-refractivity contribution >= 4 is 12.1 Å². The second-order valence-electron chi connectivity index (χ2n) is 4.90. The third-order valence-corrected chi connectivity index (χ3v) is 3.38. The fourth-order valence-corrected chi connectivity index (χ4v) is 2.29. The summed E-state index contributed by atoms with van der Waals surface area (Å²) in [4.78, 5) is 23.5. The van der Waals surface area contributed by atoms with Crippen molar-refractivity contribution in [3.8, 4) is 11.5 Å². The van der Waals surface area contributed by atoms with Crippen molar-refractivity contribution in [3.63, 3.8) is 0 Å². The molecule has 2 aromatic rings. The maximum atomic E-state index is 12.6. The van der Waals surface area contributed by atoms with E-state index in [1.165, 1.54) is 18.2 Å². The van der Waals surface area contributed by atoms with Gasteiger partial charge in [-0.3, -0.25) is 4.79 Å². The highest BCUT2D eigenvalue weighted by atomic mass is 16.3. The Kier molecular flexibility index (Phi) is 4.38. The molecule has 0 amide bonds. The average molecular weight is 284 g/mol. The largest absolute Gasteiger partial charge is 0.508 e. The Labute approximate surface area is 122 Å². The molecule has 0 heterocycles. The number of phenolic OH excluding ortho intramolecular Hbond substituents is 2. The zero-order chi connectivity index (χ0) is 15.4. The lowest BCUT2D eigenvalue weighted by Gasteiger charge is -2.16. The van der Waals surface area contributed by atoms with Gasteiger partial charge >= 0.3 is 0 Å². The van der Waals surface area contributed by atoms with Crippen LogP contribution in [0.25, 0.3) is 0 Å². The van der Waals surface area contributed by atoms with Gasteiger partial charge in [-0.1, -0.05) is 24.3 Å². The van der Waals surface area contributed by atoms with Crippen molar-refractivity contribution in [3.05, 3.63) is 59.2 Å². The van der Waals surface area contributed by atoms with Crippen LogP contribution in [0, 0.1) is 6.92 Å². The molecule has 0 aliphatic rings. The zero-order valence-electron chi connectivity index (χ0n) is 11.6. The summed E-state index contributed by atoms with van der Waals surface area (Å²) in [6.45, 7) is 1.81. The smallest absolute Gasteiger partial charge is 0.174 e. The Balaban J connectivity index is 2.45. The highest BCUT2D eigenvalue weighted by Gasteiger charge is 2.26. The van der Waals surface area contributed by atoms with Gasteiger partial charge in [-0.15, -0.1) is 0 Å². The van der Waals surface area contributed by atoms with Crippen molar-refractivity contribution in [2.45, 2.75) is 19.3 Å². The highest BCUT2D eigenvalue weighted by Crippen LogP contribution is 2.32. The SMILES string of the molecule is Cc1ccc(C(=O)C(CC=O)c2ccccc2O)c(O)c1. The summed E-state index contributed by atoms with van der Waals surface area (Å²) in [5, 5.41) is 19.8. The Morgan fingerprint density at radius 2 is 1.86 bits per heavy atom. The number of ketones is 1. The summed E-state index contributed by atoms with van der Waals surface area (Å²) >= 11 is 0. The maximum Gasteiger partial charge on any atom is 0.174 e. The van der Waals surface area contributed by atoms with Gasteiger partial charge in [0.05, 0.1) is 11.5 Å². The number of aromatic hydroxyl groups is 2. The maximum absolute atomic E-state index is 12.6. The van der Waals surface area contributed by atoms with E-state index in [0.29, 0.717) is 11.8 Å². The average Bonchev–Trinajstić information content (AvgIpc) is 2.45. The van der Waals surface area contributed by atoms with Crippen LogP contribution in [-0.4, -0.2) is 22.3 Å². The van der Waals surface area contributed by atoms with Gasteiger partial charge in [0.25, 0.3) is 0 Å². The fourth-order valence-electron chi connectivity index (χ4n) is 2.29. The first-order chi connectivity index (χ1) is 10.0. The van der Waals surface area contributed by atoms with Crippen molar-refractivity contribution < 1.29 is 19.8 Å². The van der Waals surface area contributed by atoms with Gasteiger partial charge in [-0.2, -0.15) is 0 Å². The topological polar surface area (TPSA) is 74.6 Å². The third kappa shape index (κ3) is 3.11. The number of carbonyl (C=O) groups is 2. The first-order valence-corrected chi connectivity index (χ1v) is 6.60. The summed E-state index contributed by atoms with van der Waals surface area (Å²) in [6.07, 6.45) is 0.587. The van der Waals surface area contributed by atoms with Crippen molar-refractivity contribution in [2.24, 2.45) is 0 Å². The molecule has 2 N–H and O–H groups in total. The molecule has 0 aliphatic heterocycles. The van der Waals surface area contributed by atoms with E-state index in [1.54, 1.807) is 31.2 Å². The van der Waals surface area contributed by atoms with Gasteiger partial charge < -0.3 is 15.0 Å².